The summed E-state index contributed by atoms with van der Waals surface area (Å²) in [6.45, 7) is 0.0353. The van der Waals surface area contributed by atoms with Crippen molar-refractivity contribution in [2.75, 3.05) is 11.1 Å². The molecule has 0 aliphatic carbocycles. The number of benzene rings is 2. The number of alkyl halides is 3. The van der Waals surface area contributed by atoms with Gasteiger partial charge in [-0.1, -0.05) is 29.8 Å². The van der Waals surface area contributed by atoms with Crippen LogP contribution in [0.15, 0.2) is 48.7 Å². The van der Waals surface area contributed by atoms with E-state index in [9.17, 15) is 22.8 Å². The number of aromatic carboxylic acids is 1. The van der Waals surface area contributed by atoms with Crippen molar-refractivity contribution in [3.05, 3.63) is 70.5 Å². The number of nitrogen functional groups attached to an aromatic ring is 1. The van der Waals surface area contributed by atoms with E-state index in [0.29, 0.717) is 11.1 Å². The van der Waals surface area contributed by atoms with Crippen LogP contribution in [0.4, 0.5) is 29.5 Å². The predicted octanol–water partition coefficient (Wildman–Crippen LogP) is 4.42. The van der Waals surface area contributed by atoms with E-state index >= 15 is 0 Å². The summed E-state index contributed by atoms with van der Waals surface area (Å²) in [5.41, 5.74) is 5.41. The number of rotatable bonds is 5. The number of aromatic nitrogens is 2. The lowest BCUT2D eigenvalue weighted by Gasteiger charge is -2.12. The minimum atomic E-state index is -4.66. The van der Waals surface area contributed by atoms with Crippen molar-refractivity contribution in [2.45, 2.75) is 12.7 Å². The Morgan fingerprint density at radius 3 is 2.59 bits per heavy atom. The highest BCUT2D eigenvalue weighted by Crippen LogP contribution is 2.36. The smallest absolute Gasteiger partial charge is 0.417 e. The molecule has 2 aromatic carbocycles. The number of nitrogens with zero attached hydrogens (tertiary/aromatic N) is 2. The van der Waals surface area contributed by atoms with Crippen LogP contribution in [0, 0.1) is 0 Å². The number of urea groups is 1. The molecule has 0 aliphatic rings. The first-order valence-corrected chi connectivity index (χ1v) is 9.29. The Hall–Kier alpha value is -3.86. The SMILES string of the molecule is Nc1ncc(-c2cccc(CNC(=O)Nc3ccc(Cl)c(C(F)(F)F)c3)c2)nc1C(=O)O. The zero-order valence-electron chi connectivity index (χ0n) is 16.1. The van der Waals surface area contributed by atoms with Crippen LogP contribution in [-0.4, -0.2) is 27.1 Å². The molecule has 0 bridgehead atoms. The topological polar surface area (TPSA) is 130 Å². The van der Waals surface area contributed by atoms with Crippen LogP contribution in [0.5, 0.6) is 0 Å². The largest absolute Gasteiger partial charge is 0.476 e. The number of anilines is 2. The van der Waals surface area contributed by atoms with Crippen molar-refractivity contribution in [3.63, 3.8) is 0 Å². The maximum absolute atomic E-state index is 12.9. The quantitative estimate of drug-likeness (QED) is 0.441. The minimum absolute atomic E-state index is 0.0353. The summed E-state index contributed by atoms with van der Waals surface area (Å²) in [5, 5.41) is 13.5. The Bertz CT molecular complexity index is 1190. The number of carbonyl (C=O) groups excluding carboxylic acids is 1. The molecule has 12 heteroatoms. The highest BCUT2D eigenvalue weighted by Gasteiger charge is 2.33. The van der Waals surface area contributed by atoms with Crippen LogP contribution in [0.2, 0.25) is 5.02 Å². The van der Waals surface area contributed by atoms with E-state index in [2.05, 4.69) is 20.6 Å². The number of halogens is 4. The molecule has 5 N–H and O–H groups in total. The molecule has 0 unspecified atom stereocenters. The number of hydrogen-bond acceptors (Lipinski definition) is 5. The predicted molar refractivity (Wildman–Crippen MR) is 111 cm³/mol. The number of carbonyl (C=O) groups is 2. The van der Waals surface area contributed by atoms with Crippen LogP contribution in [0.25, 0.3) is 11.3 Å². The Morgan fingerprint density at radius 1 is 1.16 bits per heavy atom. The Labute approximate surface area is 184 Å². The van der Waals surface area contributed by atoms with Crippen LogP contribution in [0.1, 0.15) is 21.6 Å². The van der Waals surface area contributed by atoms with E-state index in [4.69, 9.17) is 22.4 Å². The number of hydrogen-bond donors (Lipinski definition) is 4. The van der Waals surface area contributed by atoms with Crippen LogP contribution >= 0.6 is 11.6 Å². The first kappa shape index (κ1) is 22.8. The van der Waals surface area contributed by atoms with Gasteiger partial charge < -0.3 is 21.5 Å². The molecule has 0 aliphatic heterocycles. The summed E-state index contributed by atoms with van der Waals surface area (Å²) in [6.07, 6.45) is -3.34. The van der Waals surface area contributed by atoms with Gasteiger partial charge in [0.2, 0.25) is 0 Å². The van der Waals surface area contributed by atoms with Gasteiger partial charge in [-0.3, -0.25) is 0 Å². The summed E-state index contributed by atoms with van der Waals surface area (Å²) in [6, 6.07) is 8.97. The molecule has 1 heterocycles. The fourth-order valence-electron chi connectivity index (χ4n) is 2.71. The van der Waals surface area contributed by atoms with E-state index in [-0.39, 0.29) is 29.4 Å². The third-order valence-electron chi connectivity index (χ3n) is 4.21. The molecular formula is C20H15ClF3N5O3. The summed E-state index contributed by atoms with van der Waals surface area (Å²) in [5.74, 6) is -1.53. The number of nitrogens with one attached hydrogen (secondary N) is 2. The number of amides is 2. The Kier molecular flexibility index (Phi) is 6.49. The van der Waals surface area contributed by atoms with Gasteiger partial charge in [-0.25, -0.2) is 19.6 Å². The van der Waals surface area contributed by atoms with Crippen LogP contribution in [0.3, 0.4) is 0 Å². The van der Waals surface area contributed by atoms with E-state index in [1.807, 2.05) is 0 Å². The second-order valence-electron chi connectivity index (χ2n) is 6.49. The van der Waals surface area contributed by atoms with E-state index in [1.54, 1.807) is 24.3 Å². The monoisotopic (exact) mass is 465 g/mol. The molecule has 0 radical (unpaired) electrons. The molecule has 3 aromatic rings. The summed E-state index contributed by atoms with van der Waals surface area (Å²) in [4.78, 5) is 31.1. The Morgan fingerprint density at radius 2 is 1.91 bits per heavy atom. The van der Waals surface area contributed by atoms with E-state index in [0.717, 1.165) is 12.1 Å². The second-order valence-corrected chi connectivity index (χ2v) is 6.90. The highest BCUT2D eigenvalue weighted by atomic mass is 35.5. The van der Waals surface area contributed by atoms with Gasteiger partial charge in [0.1, 0.15) is 0 Å². The maximum atomic E-state index is 12.9. The highest BCUT2D eigenvalue weighted by molar-refractivity contribution is 6.31. The molecular weight excluding hydrogens is 451 g/mol. The van der Waals surface area contributed by atoms with E-state index in [1.165, 1.54) is 12.3 Å². The third kappa shape index (κ3) is 5.43. The van der Waals surface area contributed by atoms with Gasteiger partial charge >= 0.3 is 18.2 Å². The summed E-state index contributed by atoms with van der Waals surface area (Å²) >= 11 is 5.56. The molecule has 1 aromatic heterocycles. The first-order chi connectivity index (χ1) is 15.0. The molecule has 32 heavy (non-hydrogen) atoms. The van der Waals surface area contributed by atoms with Crippen molar-refractivity contribution in [1.29, 1.82) is 0 Å². The normalized spacial score (nSPS) is 11.1. The van der Waals surface area contributed by atoms with Gasteiger partial charge in [0, 0.05) is 17.8 Å². The zero-order chi connectivity index (χ0) is 23.5. The molecule has 0 saturated carbocycles. The molecule has 3 rings (SSSR count). The van der Waals surface area contributed by atoms with Crippen molar-refractivity contribution in [1.82, 2.24) is 15.3 Å². The fourth-order valence-corrected chi connectivity index (χ4v) is 2.94. The molecule has 166 valence electrons. The lowest BCUT2D eigenvalue weighted by atomic mass is 10.1. The van der Waals surface area contributed by atoms with Gasteiger partial charge in [-0.15, -0.1) is 0 Å². The number of carboxylic acids is 1. The van der Waals surface area contributed by atoms with Crippen LogP contribution in [-0.2, 0) is 12.7 Å². The number of nitrogens with two attached hydrogens (primary N) is 1. The van der Waals surface area contributed by atoms with Gasteiger partial charge in [0.05, 0.1) is 22.5 Å². The van der Waals surface area contributed by atoms with Crippen molar-refractivity contribution in [3.8, 4) is 11.3 Å². The van der Waals surface area contributed by atoms with Gasteiger partial charge in [0.25, 0.3) is 0 Å². The third-order valence-corrected chi connectivity index (χ3v) is 4.54. The maximum Gasteiger partial charge on any atom is 0.417 e. The van der Waals surface area contributed by atoms with Crippen molar-refractivity contribution >= 4 is 35.1 Å². The first-order valence-electron chi connectivity index (χ1n) is 8.91. The van der Waals surface area contributed by atoms with Gasteiger partial charge in [-0.05, 0) is 29.8 Å². The molecule has 0 saturated heterocycles. The molecule has 0 fully saturated rings. The fraction of sp³-hybridized carbons (Fsp3) is 0.100. The molecule has 2 amide bonds. The van der Waals surface area contributed by atoms with Crippen molar-refractivity contribution < 1.29 is 27.9 Å². The van der Waals surface area contributed by atoms with Crippen LogP contribution < -0.4 is 16.4 Å². The lowest BCUT2D eigenvalue weighted by Crippen LogP contribution is -2.28. The second kappa shape index (κ2) is 9.10. The summed E-state index contributed by atoms with van der Waals surface area (Å²) in [7, 11) is 0. The lowest BCUT2D eigenvalue weighted by molar-refractivity contribution is -0.137. The molecule has 8 nitrogen and oxygen atoms in total. The summed E-state index contributed by atoms with van der Waals surface area (Å²) < 4.78 is 38.8. The minimum Gasteiger partial charge on any atom is -0.476 e. The Balaban J connectivity index is 1.69. The number of carboxylic acid groups (broad SMARTS) is 1. The van der Waals surface area contributed by atoms with Gasteiger partial charge in [0.15, 0.2) is 11.5 Å². The average Bonchev–Trinajstić information content (AvgIpc) is 2.73. The molecule has 0 spiro atoms. The van der Waals surface area contributed by atoms with Gasteiger partial charge in [-0.2, -0.15) is 13.2 Å². The zero-order valence-corrected chi connectivity index (χ0v) is 16.8. The average molecular weight is 466 g/mol. The van der Waals surface area contributed by atoms with E-state index < -0.39 is 28.8 Å². The molecule has 0 atom stereocenters. The van der Waals surface area contributed by atoms with Crippen molar-refractivity contribution in [2.24, 2.45) is 0 Å². The standard InChI is InChI=1S/C20H15ClF3N5O3/c21-14-5-4-12(7-13(14)20(22,23)24)28-19(32)27-8-10-2-1-3-11(6-10)15-9-26-17(25)16(29-15)18(30)31/h1-7,9H,8H2,(H2,25,26)(H,30,31)(H2,27,28,32).